The first-order valence-corrected chi connectivity index (χ1v) is 9.12. The number of amides is 1. The van der Waals surface area contributed by atoms with E-state index in [1.807, 2.05) is 0 Å². The van der Waals surface area contributed by atoms with Crippen LogP contribution in [0.1, 0.15) is 29.9 Å². The molecule has 0 radical (unpaired) electrons. The minimum atomic E-state index is -0.896. The number of nitrogens with one attached hydrogen (secondary N) is 2. The summed E-state index contributed by atoms with van der Waals surface area (Å²) >= 11 is 0. The number of hydrogen-bond donors (Lipinski definition) is 2. The molecule has 1 saturated heterocycles. The molecule has 0 aliphatic carbocycles. The first-order valence-electron chi connectivity index (χ1n) is 9.12. The molecule has 3 rings (SSSR count). The summed E-state index contributed by atoms with van der Waals surface area (Å²) in [6.45, 7) is 1.26. The summed E-state index contributed by atoms with van der Waals surface area (Å²) in [6, 6.07) is 9.81. The highest BCUT2D eigenvalue weighted by atomic mass is 35.5. The zero-order valence-electron chi connectivity index (χ0n) is 15.6. The first-order chi connectivity index (χ1) is 13.4. The predicted molar refractivity (Wildman–Crippen MR) is 107 cm³/mol. The highest BCUT2D eigenvalue weighted by molar-refractivity contribution is 5.85. The number of benzene rings is 2. The zero-order chi connectivity index (χ0) is 20.1. The van der Waals surface area contributed by atoms with E-state index in [2.05, 4.69) is 10.6 Å². The van der Waals surface area contributed by atoms with Crippen molar-refractivity contribution in [2.75, 3.05) is 13.1 Å². The lowest BCUT2D eigenvalue weighted by Gasteiger charge is -2.33. The average molecular weight is 426 g/mol. The lowest BCUT2D eigenvalue weighted by atomic mass is 9.86. The molecule has 0 bridgehead atoms. The van der Waals surface area contributed by atoms with Crippen molar-refractivity contribution in [3.05, 3.63) is 75.3 Å². The third-order valence-corrected chi connectivity index (χ3v) is 4.96. The summed E-state index contributed by atoms with van der Waals surface area (Å²) in [4.78, 5) is 22.8. The average Bonchev–Trinajstić information content (AvgIpc) is 2.69. The molecular weight excluding hydrogens is 404 g/mol. The molecule has 6 nitrogen and oxygen atoms in total. The van der Waals surface area contributed by atoms with Crippen molar-refractivity contribution in [2.24, 2.45) is 0 Å². The van der Waals surface area contributed by atoms with Gasteiger partial charge >= 0.3 is 0 Å². The Hall–Kier alpha value is -2.58. The van der Waals surface area contributed by atoms with Gasteiger partial charge in [0, 0.05) is 37.1 Å². The van der Waals surface area contributed by atoms with Crippen LogP contribution in [0.5, 0.6) is 0 Å². The van der Waals surface area contributed by atoms with E-state index in [-0.39, 0.29) is 42.4 Å². The number of nitrogens with zero attached hydrogens (tertiary/aromatic N) is 1. The molecule has 9 heteroatoms. The van der Waals surface area contributed by atoms with E-state index < -0.39 is 16.6 Å². The van der Waals surface area contributed by atoms with Crippen molar-refractivity contribution in [3.8, 4) is 0 Å². The standard InChI is InChI=1S/C20H21F2N3O3.ClH/c21-17-6-5-14(11-18(17)22)16-8-9-23-12-19(16)24-20(26)7-4-13-2-1-3-15(10-13)25(27)28;/h1-3,5-6,10-11,16,19,23H,4,7-9,12H2,(H,24,26);1H. The minimum absolute atomic E-state index is 0. The molecule has 2 unspecified atom stereocenters. The summed E-state index contributed by atoms with van der Waals surface area (Å²) in [5, 5.41) is 17.0. The normalized spacial score (nSPS) is 18.6. The fourth-order valence-corrected chi connectivity index (χ4v) is 3.51. The van der Waals surface area contributed by atoms with Crippen LogP contribution in [-0.2, 0) is 11.2 Å². The SMILES string of the molecule is Cl.O=C(CCc1cccc([N+](=O)[O-])c1)NC1CNCCC1c1ccc(F)c(F)c1. The van der Waals surface area contributed by atoms with E-state index in [1.165, 1.54) is 18.2 Å². The molecule has 1 heterocycles. The molecular formula is C20H22ClF2N3O3. The number of carbonyl (C=O) groups is 1. The van der Waals surface area contributed by atoms with Crippen molar-refractivity contribution < 1.29 is 18.5 Å². The maximum absolute atomic E-state index is 13.6. The van der Waals surface area contributed by atoms with Crippen LogP contribution in [-0.4, -0.2) is 30.0 Å². The van der Waals surface area contributed by atoms with E-state index in [4.69, 9.17) is 0 Å². The van der Waals surface area contributed by atoms with Gasteiger partial charge in [-0.15, -0.1) is 12.4 Å². The summed E-state index contributed by atoms with van der Waals surface area (Å²) in [5.74, 6) is -2.09. The van der Waals surface area contributed by atoms with Gasteiger partial charge in [0.25, 0.3) is 5.69 Å². The highest BCUT2D eigenvalue weighted by Crippen LogP contribution is 2.27. The third kappa shape index (κ3) is 5.95. The molecule has 2 aromatic rings. The predicted octanol–water partition coefficient (Wildman–Crippen LogP) is 3.49. The molecule has 0 spiro atoms. The van der Waals surface area contributed by atoms with Crippen LogP contribution in [0.4, 0.5) is 14.5 Å². The minimum Gasteiger partial charge on any atom is -0.351 e. The van der Waals surface area contributed by atoms with Crippen LogP contribution >= 0.6 is 12.4 Å². The number of aryl methyl sites for hydroxylation is 1. The van der Waals surface area contributed by atoms with Crippen molar-refractivity contribution >= 4 is 24.0 Å². The topological polar surface area (TPSA) is 84.3 Å². The van der Waals surface area contributed by atoms with E-state index >= 15 is 0 Å². The largest absolute Gasteiger partial charge is 0.351 e. The monoisotopic (exact) mass is 425 g/mol. The van der Waals surface area contributed by atoms with Gasteiger partial charge < -0.3 is 10.6 Å². The molecule has 29 heavy (non-hydrogen) atoms. The molecule has 2 N–H and O–H groups in total. The molecule has 2 atom stereocenters. The number of piperidine rings is 1. The Labute approximate surface area is 173 Å². The Morgan fingerprint density at radius 2 is 2.00 bits per heavy atom. The lowest BCUT2D eigenvalue weighted by molar-refractivity contribution is -0.384. The first kappa shape index (κ1) is 22.7. The van der Waals surface area contributed by atoms with Crippen molar-refractivity contribution in [1.82, 2.24) is 10.6 Å². The Balaban J connectivity index is 0.00000300. The van der Waals surface area contributed by atoms with Crippen LogP contribution in [0.25, 0.3) is 0 Å². The second kappa shape index (κ2) is 10.3. The van der Waals surface area contributed by atoms with Crippen molar-refractivity contribution in [2.45, 2.75) is 31.2 Å². The fourth-order valence-electron chi connectivity index (χ4n) is 3.51. The Kier molecular flexibility index (Phi) is 8.04. The molecule has 156 valence electrons. The van der Waals surface area contributed by atoms with Crippen LogP contribution in [0.3, 0.4) is 0 Å². The van der Waals surface area contributed by atoms with Crippen molar-refractivity contribution in [3.63, 3.8) is 0 Å². The molecule has 2 aromatic carbocycles. The van der Waals surface area contributed by atoms with E-state index in [9.17, 15) is 23.7 Å². The smallest absolute Gasteiger partial charge is 0.269 e. The van der Waals surface area contributed by atoms with E-state index in [0.29, 0.717) is 30.5 Å². The maximum atomic E-state index is 13.6. The van der Waals surface area contributed by atoms with Gasteiger partial charge in [-0.25, -0.2) is 8.78 Å². The Morgan fingerprint density at radius 3 is 2.72 bits per heavy atom. The number of halogens is 3. The van der Waals surface area contributed by atoms with Crippen LogP contribution in [0, 0.1) is 21.7 Å². The number of carbonyl (C=O) groups excluding carboxylic acids is 1. The molecule has 0 saturated carbocycles. The number of hydrogen-bond acceptors (Lipinski definition) is 4. The number of rotatable bonds is 6. The molecule has 1 amide bonds. The van der Waals surface area contributed by atoms with E-state index in [1.54, 1.807) is 18.2 Å². The van der Waals surface area contributed by atoms with E-state index in [0.717, 1.165) is 12.6 Å². The summed E-state index contributed by atoms with van der Waals surface area (Å²) in [7, 11) is 0. The van der Waals surface area contributed by atoms with Gasteiger partial charge in [-0.1, -0.05) is 18.2 Å². The molecule has 1 aliphatic rings. The van der Waals surface area contributed by atoms with Gasteiger partial charge in [-0.3, -0.25) is 14.9 Å². The summed E-state index contributed by atoms with van der Waals surface area (Å²) in [6.07, 6.45) is 1.26. The van der Waals surface area contributed by atoms with Crippen molar-refractivity contribution in [1.29, 1.82) is 0 Å². The van der Waals surface area contributed by atoms with Crippen LogP contribution in [0.2, 0.25) is 0 Å². The van der Waals surface area contributed by atoms with Gasteiger partial charge in [0.2, 0.25) is 5.91 Å². The second-order valence-corrected chi connectivity index (χ2v) is 6.87. The number of non-ortho nitro benzene ring substituents is 1. The summed E-state index contributed by atoms with van der Waals surface area (Å²) < 4.78 is 26.8. The van der Waals surface area contributed by atoms with Crippen LogP contribution in [0.15, 0.2) is 42.5 Å². The quantitative estimate of drug-likeness (QED) is 0.548. The molecule has 1 aliphatic heterocycles. The van der Waals surface area contributed by atoms with Gasteiger partial charge in [-0.05, 0) is 42.6 Å². The lowest BCUT2D eigenvalue weighted by Crippen LogP contribution is -2.50. The zero-order valence-corrected chi connectivity index (χ0v) is 16.4. The van der Waals surface area contributed by atoms with Gasteiger partial charge in [-0.2, -0.15) is 0 Å². The van der Waals surface area contributed by atoms with Gasteiger partial charge in [0.05, 0.1) is 4.92 Å². The summed E-state index contributed by atoms with van der Waals surface area (Å²) in [5.41, 5.74) is 1.36. The van der Waals surface area contributed by atoms with Gasteiger partial charge in [0.1, 0.15) is 0 Å². The maximum Gasteiger partial charge on any atom is 0.269 e. The molecule has 0 aromatic heterocycles. The number of nitro groups is 1. The third-order valence-electron chi connectivity index (χ3n) is 4.96. The molecule has 1 fully saturated rings. The Bertz CT molecular complexity index is 882. The Morgan fingerprint density at radius 1 is 1.21 bits per heavy atom. The van der Waals surface area contributed by atoms with Crippen LogP contribution < -0.4 is 10.6 Å². The van der Waals surface area contributed by atoms with Gasteiger partial charge in [0.15, 0.2) is 11.6 Å². The highest BCUT2D eigenvalue weighted by Gasteiger charge is 2.28. The second-order valence-electron chi connectivity index (χ2n) is 6.87. The fraction of sp³-hybridized carbons (Fsp3) is 0.350. The number of nitro benzene ring substituents is 1.